The van der Waals surface area contributed by atoms with Crippen molar-refractivity contribution in [3.05, 3.63) is 81.8 Å². The number of rotatable bonds is 6. The van der Waals surface area contributed by atoms with Gasteiger partial charge in [0.05, 0.1) is 10.6 Å². The number of ketones is 1. The number of nitrogens with zero attached hydrogens (tertiary/aromatic N) is 1. The molecule has 0 saturated carbocycles. The van der Waals surface area contributed by atoms with E-state index < -0.39 is 15.3 Å². The van der Waals surface area contributed by atoms with Crippen LogP contribution in [0.1, 0.15) is 31.9 Å². The van der Waals surface area contributed by atoms with Crippen LogP contribution in [0.5, 0.6) is 0 Å². The second kappa shape index (κ2) is 6.95. The van der Waals surface area contributed by atoms with Gasteiger partial charge in [-0.25, -0.2) is 13.6 Å². The Bertz CT molecular complexity index is 975. The molecule has 0 saturated heterocycles. The number of nitrogens with two attached hydrogens (primary N) is 1. The van der Waals surface area contributed by atoms with Crippen molar-refractivity contribution in [1.29, 1.82) is 0 Å². The Morgan fingerprint density at radius 2 is 1.84 bits per heavy atom. The number of benzene rings is 1. The van der Waals surface area contributed by atoms with Crippen molar-refractivity contribution in [1.82, 2.24) is 4.57 Å². The van der Waals surface area contributed by atoms with Gasteiger partial charge in [0.2, 0.25) is 15.8 Å². The highest BCUT2D eigenvalue weighted by Gasteiger charge is 2.26. The zero-order valence-electron chi connectivity index (χ0n) is 13.6. The largest absolute Gasteiger partial charge is 0.345 e. The van der Waals surface area contributed by atoms with Crippen LogP contribution in [0.3, 0.4) is 0 Å². The number of aromatic nitrogens is 1. The van der Waals surface area contributed by atoms with Gasteiger partial charge in [-0.3, -0.25) is 4.79 Å². The van der Waals surface area contributed by atoms with Crippen LogP contribution in [0.15, 0.2) is 60.0 Å². The number of carbonyl (C=O) groups excluding carboxylic acids is 1. The van der Waals surface area contributed by atoms with E-state index in [9.17, 15) is 13.2 Å². The molecule has 2 N–H and O–H groups in total. The lowest BCUT2D eigenvalue weighted by atomic mass is 10.1. The third-order valence-electron chi connectivity index (χ3n) is 4.17. The number of sulfonamides is 1. The van der Waals surface area contributed by atoms with Gasteiger partial charge in [0, 0.05) is 19.2 Å². The summed E-state index contributed by atoms with van der Waals surface area (Å²) in [5.41, 5.74) is 1.90. The van der Waals surface area contributed by atoms with E-state index in [-0.39, 0.29) is 12.2 Å². The van der Waals surface area contributed by atoms with Crippen LogP contribution in [-0.2, 0) is 23.5 Å². The van der Waals surface area contributed by atoms with E-state index >= 15 is 0 Å². The molecule has 0 aliphatic carbocycles. The van der Waals surface area contributed by atoms with Crippen molar-refractivity contribution in [3.8, 4) is 0 Å². The number of hydrogen-bond donors (Lipinski definition) is 1. The summed E-state index contributed by atoms with van der Waals surface area (Å²) in [6, 6.07) is 16.0. The lowest BCUT2D eigenvalue weighted by Gasteiger charge is -2.16. The molecule has 3 rings (SSSR count). The molecule has 1 aromatic carbocycles. The zero-order chi connectivity index (χ0) is 18.0. The maximum atomic E-state index is 12.5. The van der Waals surface area contributed by atoms with E-state index in [1.54, 1.807) is 54.1 Å². The summed E-state index contributed by atoms with van der Waals surface area (Å²) < 4.78 is 25.9. The molecular formula is C18H18N2O3S2. The molecule has 0 radical (unpaired) electrons. The minimum atomic E-state index is -3.78. The summed E-state index contributed by atoms with van der Waals surface area (Å²) in [6.07, 6.45) is 0.205. The molecular weight excluding hydrogens is 356 g/mol. The molecule has 0 aliphatic heterocycles. The first-order chi connectivity index (χ1) is 11.9. The zero-order valence-corrected chi connectivity index (χ0v) is 15.3. The van der Waals surface area contributed by atoms with Crippen molar-refractivity contribution >= 4 is 27.1 Å². The molecule has 25 heavy (non-hydrogen) atoms. The van der Waals surface area contributed by atoms with Crippen LogP contribution < -0.4 is 5.14 Å². The highest BCUT2D eigenvalue weighted by atomic mass is 32.2. The number of hydrogen-bond acceptors (Lipinski definition) is 4. The Balaban J connectivity index is 1.93. The number of primary sulfonamides is 1. The average molecular weight is 374 g/mol. The fourth-order valence-electron chi connectivity index (χ4n) is 2.80. The second-order valence-electron chi connectivity index (χ2n) is 5.77. The van der Waals surface area contributed by atoms with E-state index in [0.717, 1.165) is 5.69 Å². The quantitative estimate of drug-likeness (QED) is 0.674. The van der Waals surface area contributed by atoms with Crippen molar-refractivity contribution in [2.75, 3.05) is 0 Å². The minimum Gasteiger partial charge on any atom is -0.345 e. The summed E-state index contributed by atoms with van der Waals surface area (Å²) in [7, 11) is -2.02. The van der Waals surface area contributed by atoms with E-state index in [4.69, 9.17) is 5.14 Å². The van der Waals surface area contributed by atoms with E-state index in [2.05, 4.69) is 0 Å². The van der Waals surface area contributed by atoms with Gasteiger partial charge in [0.15, 0.2) is 0 Å². The van der Waals surface area contributed by atoms with Gasteiger partial charge < -0.3 is 4.57 Å². The van der Waals surface area contributed by atoms with Crippen molar-refractivity contribution in [2.45, 2.75) is 11.7 Å². The molecule has 2 aromatic heterocycles. The smallest absolute Gasteiger partial charge is 0.219 e. The summed E-state index contributed by atoms with van der Waals surface area (Å²) in [4.78, 5) is 13.2. The molecule has 5 nitrogen and oxygen atoms in total. The minimum absolute atomic E-state index is 0.0735. The Morgan fingerprint density at radius 3 is 2.44 bits per heavy atom. The molecule has 1 unspecified atom stereocenters. The standard InChI is InChI=1S/C18H18N2O3S2/c1-20-14(9-10-15(20)18(21)16-8-5-11-24-16)12-17(25(19,22)23)13-6-3-2-4-7-13/h2-11,17H,12H2,1H3,(H2,19,22,23). The Hall–Kier alpha value is -2.22. The number of thiophene rings is 1. The SMILES string of the molecule is Cn1c(CC(c2ccccc2)S(N)(=O)=O)ccc1C(=O)c1cccs1. The predicted molar refractivity (Wildman–Crippen MR) is 99.2 cm³/mol. The molecule has 0 amide bonds. The topological polar surface area (TPSA) is 82.2 Å². The second-order valence-corrected chi connectivity index (χ2v) is 8.46. The molecule has 0 bridgehead atoms. The first-order valence-electron chi connectivity index (χ1n) is 7.67. The van der Waals surface area contributed by atoms with Crippen molar-refractivity contribution in [3.63, 3.8) is 0 Å². The Morgan fingerprint density at radius 1 is 1.12 bits per heavy atom. The third kappa shape index (κ3) is 3.73. The monoisotopic (exact) mass is 374 g/mol. The summed E-state index contributed by atoms with van der Waals surface area (Å²) >= 11 is 1.38. The summed E-state index contributed by atoms with van der Waals surface area (Å²) in [5, 5.41) is 6.45. The van der Waals surface area contributed by atoms with E-state index in [1.807, 2.05) is 17.5 Å². The molecule has 7 heteroatoms. The van der Waals surface area contributed by atoms with Gasteiger partial charge in [-0.05, 0) is 29.1 Å². The lowest BCUT2D eigenvalue weighted by molar-refractivity contribution is 0.103. The fourth-order valence-corrected chi connectivity index (χ4v) is 4.41. The molecule has 0 fully saturated rings. The lowest BCUT2D eigenvalue weighted by Crippen LogP contribution is -2.24. The summed E-state index contributed by atoms with van der Waals surface area (Å²) in [5.74, 6) is -0.0735. The van der Waals surface area contributed by atoms with Crippen LogP contribution >= 0.6 is 11.3 Å². The van der Waals surface area contributed by atoms with Gasteiger partial charge >= 0.3 is 0 Å². The van der Waals surface area contributed by atoms with Gasteiger partial charge in [-0.1, -0.05) is 36.4 Å². The molecule has 0 spiro atoms. The van der Waals surface area contributed by atoms with E-state index in [1.165, 1.54) is 11.3 Å². The van der Waals surface area contributed by atoms with Gasteiger partial charge in [0.25, 0.3) is 0 Å². The van der Waals surface area contributed by atoms with Crippen LogP contribution in [0.25, 0.3) is 0 Å². The first-order valence-corrected chi connectivity index (χ1v) is 10.2. The fraction of sp³-hybridized carbons (Fsp3) is 0.167. The normalized spacial score (nSPS) is 12.9. The average Bonchev–Trinajstić information content (AvgIpc) is 3.22. The molecule has 2 heterocycles. The first kappa shape index (κ1) is 17.6. The van der Waals surface area contributed by atoms with Gasteiger partial charge in [-0.15, -0.1) is 11.3 Å². The molecule has 3 aromatic rings. The van der Waals surface area contributed by atoms with Crippen LogP contribution in [0.4, 0.5) is 0 Å². The Labute approximate surface area is 150 Å². The van der Waals surface area contributed by atoms with Crippen LogP contribution in [0.2, 0.25) is 0 Å². The predicted octanol–water partition coefficient (Wildman–Crippen LogP) is 2.89. The maximum Gasteiger partial charge on any atom is 0.219 e. The molecule has 0 aliphatic rings. The van der Waals surface area contributed by atoms with Crippen molar-refractivity contribution in [2.24, 2.45) is 12.2 Å². The summed E-state index contributed by atoms with van der Waals surface area (Å²) in [6.45, 7) is 0. The molecule has 130 valence electrons. The third-order valence-corrected chi connectivity index (χ3v) is 6.27. The maximum absolute atomic E-state index is 12.5. The number of carbonyl (C=O) groups is 1. The van der Waals surface area contributed by atoms with Crippen molar-refractivity contribution < 1.29 is 13.2 Å². The Kier molecular flexibility index (Phi) is 4.89. The van der Waals surface area contributed by atoms with E-state index in [0.29, 0.717) is 16.1 Å². The highest BCUT2D eigenvalue weighted by Crippen LogP contribution is 2.26. The van der Waals surface area contributed by atoms with Gasteiger partial charge in [-0.2, -0.15) is 0 Å². The van der Waals surface area contributed by atoms with Gasteiger partial charge in [0.1, 0.15) is 5.25 Å². The molecule has 1 atom stereocenters. The van der Waals surface area contributed by atoms with Crippen LogP contribution in [0, 0.1) is 0 Å². The van der Waals surface area contributed by atoms with Crippen LogP contribution in [-0.4, -0.2) is 18.8 Å². The highest BCUT2D eigenvalue weighted by molar-refractivity contribution is 7.89.